The van der Waals surface area contributed by atoms with Crippen molar-refractivity contribution in [1.29, 1.82) is 0 Å². The molecule has 0 aromatic heterocycles. The minimum Gasteiger partial charge on any atom is -0.481 e. The maximum atomic E-state index is 11.1. The summed E-state index contributed by atoms with van der Waals surface area (Å²) in [7, 11) is 0. The molecule has 0 heterocycles. The van der Waals surface area contributed by atoms with Crippen molar-refractivity contribution in [2.24, 2.45) is 16.7 Å². The van der Waals surface area contributed by atoms with E-state index in [4.69, 9.17) is 5.11 Å². The largest absolute Gasteiger partial charge is 0.481 e. The number of hydrogen-bond donors (Lipinski definition) is 2. The van der Waals surface area contributed by atoms with Crippen LogP contribution >= 0.6 is 0 Å². The van der Waals surface area contributed by atoms with Crippen molar-refractivity contribution in [3.63, 3.8) is 0 Å². The van der Waals surface area contributed by atoms with Crippen molar-refractivity contribution in [3.8, 4) is 0 Å². The van der Waals surface area contributed by atoms with Crippen LogP contribution in [0.1, 0.15) is 53.9 Å². The number of aliphatic hydroxyl groups is 1. The standard InChI is InChI=1S/C13H24O3/c1-9(10(14)15)13(16)7-11(2,3)6-12(4,5)8-13/h9,16H,6-8H2,1-5H3,(H,14,15). The van der Waals surface area contributed by atoms with Crippen molar-refractivity contribution in [2.45, 2.75) is 59.5 Å². The normalized spacial score (nSPS) is 28.4. The molecular formula is C13H24O3. The fraction of sp³-hybridized carbons (Fsp3) is 0.923. The van der Waals surface area contributed by atoms with Crippen molar-refractivity contribution in [3.05, 3.63) is 0 Å². The summed E-state index contributed by atoms with van der Waals surface area (Å²) in [5.41, 5.74) is -1.07. The van der Waals surface area contributed by atoms with Gasteiger partial charge in [-0.1, -0.05) is 27.7 Å². The third kappa shape index (κ3) is 2.76. The van der Waals surface area contributed by atoms with E-state index in [1.54, 1.807) is 6.92 Å². The molecule has 1 saturated carbocycles. The summed E-state index contributed by atoms with van der Waals surface area (Å²) in [6, 6.07) is 0. The van der Waals surface area contributed by atoms with Crippen LogP contribution in [0.4, 0.5) is 0 Å². The molecule has 1 rings (SSSR count). The molecule has 0 radical (unpaired) electrons. The Morgan fingerprint density at radius 2 is 1.44 bits per heavy atom. The van der Waals surface area contributed by atoms with E-state index in [0.29, 0.717) is 12.8 Å². The van der Waals surface area contributed by atoms with Gasteiger partial charge in [0.15, 0.2) is 0 Å². The van der Waals surface area contributed by atoms with Gasteiger partial charge in [0.2, 0.25) is 0 Å². The van der Waals surface area contributed by atoms with Gasteiger partial charge in [-0.05, 0) is 37.0 Å². The average Bonchev–Trinajstić information content (AvgIpc) is 1.95. The Labute approximate surface area is 97.9 Å². The first-order chi connectivity index (χ1) is 6.98. The predicted molar refractivity (Wildman–Crippen MR) is 63.2 cm³/mol. The van der Waals surface area contributed by atoms with E-state index >= 15 is 0 Å². The molecule has 1 atom stereocenters. The van der Waals surface area contributed by atoms with Gasteiger partial charge in [-0.3, -0.25) is 4.79 Å². The van der Waals surface area contributed by atoms with E-state index in [1.165, 1.54) is 0 Å². The van der Waals surface area contributed by atoms with Gasteiger partial charge in [0.25, 0.3) is 0 Å². The second kappa shape index (κ2) is 3.73. The highest BCUT2D eigenvalue weighted by molar-refractivity contribution is 5.71. The lowest BCUT2D eigenvalue weighted by Crippen LogP contribution is -2.51. The van der Waals surface area contributed by atoms with Crippen LogP contribution in [0.15, 0.2) is 0 Å². The highest BCUT2D eigenvalue weighted by Crippen LogP contribution is 2.52. The smallest absolute Gasteiger partial charge is 0.309 e. The molecule has 16 heavy (non-hydrogen) atoms. The quantitative estimate of drug-likeness (QED) is 0.764. The Hall–Kier alpha value is -0.570. The van der Waals surface area contributed by atoms with Gasteiger partial charge >= 0.3 is 5.97 Å². The molecule has 3 nitrogen and oxygen atoms in total. The van der Waals surface area contributed by atoms with Crippen molar-refractivity contribution in [1.82, 2.24) is 0 Å². The zero-order chi connectivity index (χ0) is 12.8. The molecule has 0 aliphatic heterocycles. The van der Waals surface area contributed by atoms with Crippen molar-refractivity contribution >= 4 is 5.97 Å². The first-order valence-electron chi connectivity index (χ1n) is 5.93. The number of carboxylic acids is 1. The summed E-state index contributed by atoms with van der Waals surface area (Å²) < 4.78 is 0. The third-order valence-corrected chi connectivity index (χ3v) is 3.70. The summed E-state index contributed by atoms with van der Waals surface area (Å²) in [5.74, 6) is -1.61. The van der Waals surface area contributed by atoms with Crippen LogP contribution in [0.2, 0.25) is 0 Å². The van der Waals surface area contributed by atoms with Gasteiger partial charge in [0.05, 0.1) is 11.5 Å². The lowest BCUT2D eigenvalue weighted by molar-refractivity contribution is -0.163. The lowest BCUT2D eigenvalue weighted by atomic mass is 9.57. The van der Waals surface area contributed by atoms with Gasteiger partial charge in [-0.15, -0.1) is 0 Å². The van der Waals surface area contributed by atoms with Crippen molar-refractivity contribution in [2.75, 3.05) is 0 Å². The highest BCUT2D eigenvalue weighted by atomic mass is 16.4. The minimum atomic E-state index is -1.07. The Bertz CT molecular complexity index is 276. The molecule has 1 aliphatic rings. The third-order valence-electron chi connectivity index (χ3n) is 3.70. The molecule has 0 spiro atoms. The molecule has 0 bridgehead atoms. The van der Waals surface area contributed by atoms with Gasteiger partial charge in [-0.25, -0.2) is 0 Å². The van der Waals surface area contributed by atoms with E-state index in [0.717, 1.165) is 6.42 Å². The molecule has 1 fully saturated rings. The van der Waals surface area contributed by atoms with Gasteiger partial charge in [-0.2, -0.15) is 0 Å². The first kappa shape index (κ1) is 13.5. The molecular weight excluding hydrogens is 204 g/mol. The maximum Gasteiger partial charge on any atom is 0.309 e. The Morgan fingerprint density at radius 3 is 1.75 bits per heavy atom. The van der Waals surface area contributed by atoms with Crippen LogP contribution in [-0.4, -0.2) is 21.8 Å². The second-order valence-electron chi connectivity index (χ2n) is 7.02. The zero-order valence-corrected chi connectivity index (χ0v) is 11.0. The Morgan fingerprint density at radius 1 is 1.06 bits per heavy atom. The molecule has 2 N–H and O–H groups in total. The molecule has 0 aromatic rings. The maximum absolute atomic E-state index is 11.1. The van der Waals surface area contributed by atoms with Crippen LogP contribution in [0.25, 0.3) is 0 Å². The van der Waals surface area contributed by atoms with E-state index in [1.807, 2.05) is 0 Å². The second-order valence-corrected chi connectivity index (χ2v) is 7.02. The van der Waals surface area contributed by atoms with E-state index in [9.17, 15) is 9.90 Å². The topological polar surface area (TPSA) is 57.5 Å². The molecule has 1 aliphatic carbocycles. The number of hydrogen-bond acceptors (Lipinski definition) is 2. The van der Waals surface area contributed by atoms with Crippen LogP contribution in [0.3, 0.4) is 0 Å². The number of rotatable bonds is 2. The summed E-state index contributed by atoms with van der Waals surface area (Å²) in [6.45, 7) is 10.0. The van der Waals surface area contributed by atoms with Gasteiger partial charge in [0.1, 0.15) is 0 Å². The van der Waals surface area contributed by atoms with Crippen LogP contribution in [0, 0.1) is 16.7 Å². The van der Waals surface area contributed by atoms with E-state index in [2.05, 4.69) is 27.7 Å². The SMILES string of the molecule is CC(C(=O)O)C1(O)CC(C)(C)CC(C)(C)C1. The van der Waals surface area contributed by atoms with Gasteiger partial charge < -0.3 is 10.2 Å². The van der Waals surface area contributed by atoms with Crippen molar-refractivity contribution < 1.29 is 15.0 Å². The average molecular weight is 228 g/mol. The highest BCUT2D eigenvalue weighted by Gasteiger charge is 2.50. The summed E-state index contributed by atoms with van der Waals surface area (Å²) >= 11 is 0. The van der Waals surface area contributed by atoms with E-state index in [-0.39, 0.29) is 10.8 Å². The summed E-state index contributed by atoms with van der Waals surface area (Å²) in [4.78, 5) is 11.1. The summed E-state index contributed by atoms with van der Waals surface area (Å²) in [5, 5.41) is 19.7. The van der Waals surface area contributed by atoms with Crippen LogP contribution in [0.5, 0.6) is 0 Å². The number of aliphatic carboxylic acids is 1. The lowest BCUT2D eigenvalue weighted by Gasteiger charge is -2.51. The van der Waals surface area contributed by atoms with Crippen LogP contribution in [-0.2, 0) is 4.79 Å². The monoisotopic (exact) mass is 228 g/mol. The molecule has 94 valence electrons. The number of carboxylic acid groups (broad SMARTS) is 1. The van der Waals surface area contributed by atoms with Crippen LogP contribution < -0.4 is 0 Å². The molecule has 0 saturated heterocycles. The fourth-order valence-electron chi connectivity index (χ4n) is 3.68. The molecule has 0 aromatic carbocycles. The van der Waals surface area contributed by atoms with E-state index < -0.39 is 17.5 Å². The molecule has 3 heteroatoms. The minimum absolute atomic E-state index is 0.000208. The first-order valence-corrected chi connectivity index (χ1v) is 5.93. The predicted octanol–water partition coefficient (Wildman–Crippen LogP) is 2.67. The Balaban J connectivity index is 3.00. The van der Waals surface area contributed by atoms with Gasteiger partial charge in [0, 0.05) is 0 Å². The fourth-order valence-corrected chi connectivity index (χ4v) is 3.68. The zero-order valence-electron chi connectivity index (χ0n) is 11.0. The summed E-state index contributed by atoms with van der Waals surface area (Å²) in [6.07, 6.45) is 2.16. The molecule has 1 unspecified atom stereocenters. The number of carbonyl (C=O) groups is 1. The Kier molecular flexibility index (Phi) is 3.14. The molecule has 0 amide bonds.